The van der Waals surface area contributed by atoms with Crippen LogP contribution in [-0.4, -0.2) is 78.1 Å². The smallest absolute Gasteiger partial charge is 0.278 e. The van der Waals surface area contributed by atoms with Crippen molar-refractivity contribution in [3.63, 3.8) is 0 Å². The molecule has 1 N–H and O–H groups in total. The number of aliphatic hydroxyl groups excluding tert-OH is 1. The summed E-state index contributed by atoms with van der Waals surface area (Å²) in [6, 6.07) is 15.2. The highest BCUT2D eigenvalue weighted by Gasteiger charge is 2.42. The summed E-state index contributed by atoms with van der Waals surface area (Å²) < 4.78 is 5.52. The standard InChI is InChI=1S/C25H29N3O4/c1-18-7-9-19(10-8-18)17-28-24(30)22(20-5-3-4-6-21(20)32-2)23(25(28)31)27-13-11-26(12-14-27)15-16-29/h3-10,29H,11-17H2,1-2H3. The highest BCUT2D eigenvalue weighted by atomic mass is 16.5. The van der Waals surface area contributed by atoms with Crippen molar-refractivity contribution in [2.45, 2.75) is 13.5 Å². The topological polar surface area (TPSA) is 73.3 Å². The van der Waals surface area contributed by atoms with Crippen molar-refractivity contribution in [2.75, 3.05) is 46.4 Å². The molecule has 2 aliphatic heterocycles. The summed E-state index contributed by atoms with van der Waals surface area (Å²) in [5.41, 5.74) is 3.51. The SMILES string of the molecule is COc1ccccc1C1=C(N2CCN(CCO)CC2)C(=O)N(Cc2ccc(C)cc2)C1=O. The van der Waals surface area contributed by atoms with E-state index in [9.17, 15) is 14.7 Å². The molecule has 0 aromatic heterocycles. The van der Waals surface area contributed by atoms with Crippen molar-refractivity contribution in [3.05, 3.63) is 70.9 Å². The lowest BCUT2D eigenvalue weighted by atomic mass is 10.0. The summed E-state index contributed by atoms with van der Waals surface area (Å²) in [6.07, 6.45) is 0. The summed E-state index contributed by atoms with van der Waals surface area (Å²) in [5.74, 6) is -0.00259. The molecule has 4 rings (SSSR count). The van der Waals surface area contributed by atoms with Gasteiger partial charge in [0, 0.05) is 38.3 Å². The van der Waals surface area contributed by atoms with E-state index in [2.05, 4.69) is 4.90 Å². The molecule has 32 heavy (non-hydrogen) atoms. The molecule has 7 heteroatoms. The number of ether oxygens (including phenoxy) is 1. The van der Waals surface area contributed by atoms with E-state index in [0.717, 1.165) is 24.2 Å². The zero-order valence-corrected chi connectivity index (χ0v) is 18.6. The van der Waals surface area contributed by atoms with Gasteiger partial charge in [-0.1, -0.05) is 48.0 Å². The number of hydrogen-bond acceptors (Lipinski definition) is 6. The summed E-state index contributed by atoms with van der Waals surface area (Å²) in [7, 11) is 1.57. The van der Waals surface area contributed by atoms with Gasteiger partial charge in [0.2, 0.25) is 0 Å². The van der Waals surface area contributed by atoms with Gasteiger partial charge in [-0.2, -0.15) is 0 Å². The van der Waals surface area contributed by atoms with Crippen LogP contribution in [-0.2, 0) is 16.1 Å². The summed E-state index contributed by atoms with van der Waals surface area (Å²) in [5, 5.41) is 9.23. The lowest BCUT2D eigenvalue weighted by Gasteiger charge is -2.36. The number of amides is 2. The van der Waals surface area contributed by atoms with Crippen LogP contribution in [0.15, 0.2) is 54.2 Å². The first-order valence-corrected chi connectivity index (χ1v) is 10.9. The van der Waals surface area contributed by atoms with Gasteiger partial charge in [0.25, 0.3) is 11.8 Å². The molecule has 2 aliphatic rings. The average molecular weight is 436 g/mol. The average Bonchev–Trinajstić information content (AvgIpc) is 3.06. The second-order valence-corrected chi connectivity index (χ2v) is 8.16. The third-order valence-electron chi connectivity index (χ3n) is 6.09. The van der Waals surface area contributed by atoms with Gasteiger partial charge >= 0.3 is 0 Å². The molecular formula is C25H29N3O4. The van der Waals surface area contributed by atoms with Gasteiger partial charge in [-0.3, -0.25) is 19.4 Å². The highest BCUT2D eigenvalue weighted by molar-refractivity contribution is 6.35. The van der Waals surface area contributed by atoms with Gasteiger partial charge in [0.05, 0.1) is 25.8 Å². The maximum absolute atomic E-state index is 13.6. The summed E-state index contributed by atoms with van der Waals surface area (Å²) in [4.78, 5) is 32.7. The van der Waals surface area contributed by atoms with Crippen molar-refractivity contribution in [1.29, 1.82) is 0 Å². The Morgan fingerprint density at radius 1 is 0.938 bits per heavy atom. The highest BCUT2D eigenvalue weighted by Crippen LogP contribution is 2.37. The van der Waals surface area contributed by atoms with Gasteiger partial charge in [0.15, 0.2) is 0 Å². The van der Waals surface area contributed by atoms with Gasteiger partial charge in [-0.15, -0.1) is 0 Å². The lowest BCUT2D eigenvalue weighted by Crippen LogP contribution is -2.48. The number of carbonyl (C=O) groups is 2. The maximum Gasteiger partial charge on any atom is 0.278 e. The fourth-order valence-corrected chi connectivity index (χ4v) is 4.31. The first kappa shape index (κ1) is 22.0. The van der Waals surface area contributed by atoms with Crippen LogP contribution >= 0.6 is 0 Å². The molecule has 2 aromatic carbocycles. The Morgan fingerprint density at radius 2 is 1.62 bits per heavy atom. The van der Waals surface area contributed by atoms with Gasteiger partial charge in [-0.25, -0.2) is 0 Å². The molecule has 7 nitrogen and oxygen atoms in total. The third-order valence-corrected chi connectivity index (χ3v) is 6.09. The second-order valence-electron chi connectivity index (χ2n) is 8.16. The van der Waals surface area contributed by atoms with E-state index in [1.807, 2.05) is 54.3 Å². The zero-order chi connectivity index (χ0) is 22.7. The molecule has 0 aliphatic carbocycles. The second kappa shape index (κ2) is 9.54. The van der Waals surface area contributed by atoms with Crippen molar-refractivity contribution >= 4 is 17.4 Å². The van der Waals surface area contributed by atoms with Crippen LogP contribution in [0.5, 0.6) is 5.75 Å². The van der Waals surface area contributed by atoms with Crippen molar-refractivity contribution in [2.24, 2.45) is 0 Å². The monoisotopic (exact) mass is 435 g/mol. The van der Waals surface area contributed by atoms with Gasteiger partial charge in [-0.05, 0) is 18.6 Å². The quantitative estimate of drug-likeness (QED) is 0.670. The largest absolute Gasteiger partial charge is 0.496 e. The Kier molecular flexibility index (Phi) is 6.58. The molecule has 0 radical (unpaired) electrons. The Labute approximate surface area is 188 Å². The number of para-hydroxylation sites is 1. The predicted molar refractivity (Wildman–Crippen MR) is 122 cm³/mol. The first-order valence-electron chi connectivity index (χ1n) is 10.9. The molecule has 2 aromatic rings. The Morgan fingerprint density at radius 3 is 2.28 bits per heavy atom. The van der Waals surface area contributed by atoms with Gasteiger partial charge in [0.1, 0.15) is 11.4 Å². The number of β-amino-alcohol motifs (C(OH)–C–C–N with tert-alkyl or cyclic N) is 1. The van der Waals surface area contributed by atoms with E-state index in [-0.39, 0.29) is 25.0 Å². The van der Waals surface area contributed by atoms with Crippen molar-refractivity contribution in [3.8, 4) is 5.75 Å². The van der Waals surface area contributed by atoms with E-state index in [1.54, 1.807) is 13.2 Å². The lowest BCUT2D eigenvalue weighted by molar-refractivity contribution is -0.138. The zero-order valence-electron chi connectivity index (χ0n) is 18.6. The Balaban J connectivity index is 1.70. The molecule has 0 saturated carbocycles. The van der Waals surface area contributed by atoms with Crippen molar-refractivity contribution < 1.29 is 19.4 Å². The normalized spacial score (nSPS) is 17.5. The van der Waals surface area contributed by atoms with E-state index >= 15 is 0 Å². The minimum atomic E-state index is -0.298. The number of hydrogen-bond donors (Lipinski definition) is 1. The molecule has 2 amide bonds. The minimum Gasteiger partial charge on any atom is -0.496 e. The van der Waals surface area contributed by atoms with E-state index in [0.29, 0.717) is 42.2 Å². The maximum atomic E-state index is 13.6. The molecule has 0 atom stereocenters. The third kappa shape index (κ3) is 4.26. The number of nitrogens with zero attached hydrogens (tertiary/aromatic N) is 3. The molecule has 0 unspecified atom stereocenters. The summed E-state index contributed by atoms with van der Waals surface area (Å²) >= 11 is 0. The Hall–Kier alpha value is -3.16. The molecule has 1 saturated heterocycles. The number of aliphatic hydroxyl groups is 1. The first-order chi connectivity index (χ1) is 15.5. The number of piperazine rings is 1. The molecule has 2 heterocycles. The molecule has 1 fully saturated rings. The van der Waals surface area contributed by atoms with Crippen LogP contribution in [0.2, 0.25) is 0 Å². The predicted octanol–water partition coefficient (Wildman–Crippen LogP) is 1.89. The number of rotatable bonds is 7. The number of aryl methyl sites for hydroxylation is 1. The van der Waals surface area contributed by atoms with E-state index < -0.39 is 0 Å². The minimum absolute atomic E-state index is 0.108. The van der Waals surface area contributed by atoms with E-state index in [4.69, 9.17) is 4.74 Å². The van der Waals surface area contributed by atoms with E-state index in [1.165, 1.54) is 4.90 Å². The van der Waals surface area contributed by atoms with Crippen molar-refractivity contribution in [1.82, 2.24) is 14.7 Å². The molecule has 0 spiro atoms. The van der Waals surface area contributed by atoms with Crippen LogP contribution in [0.1, 0.15) is 16.7 Å². The number of imide groups is 1. The van der Waals surface area contributed by atoms with Crippen LogP contribution < -0.4 is 4.74 Å². The number of carbonyl (C=O) groups excluding carboxylic acids is 2. The van der Waals surface area contributed by atoms with Crippen LogP contribution in [0, 0.1) is 6.92 Å². The molecule has 168 valence electrons. The molecule has 0 bridgehead atoms. The van der Waals surface area contributed by atoms with Crippen LogP contribution in [0.3, 0.4) is 0 Å². The number of benzene rings is 2. The molecular weight excluding hydrogens is 406 g/mol. The van der Waals surface area contributed by atoms with Crippen LogP contribution in [0.4, 0.5) is 0 Å². The summed E-state index contributed by atoms with van der Waals surface area (Å²) in [6.45, 7) is 5.63. The number of methoxy groups -OCH3 is 1. The fourth-order valence-electron chi connectivity index (χ4n) is 4.31. The fraction of sp³-hybridized carbons (Fsp3) is 0.360. The van der Waals surface area contributed by atoms with Gasteiger partial charge < -0.3 is 14.7 Å². The van der Waals surface area contributed by atoms with Crippen LogP contribution in [0.25, 0.3) is 5.57 Å². The Bertz CT molecular complexity index is 1020.